The number of hydrogen-bond acceptors (Lipinski definition) is 4. The van der Waals surface area contributed by atoms with E-state index in [0.29, 0.717) is 0 Å². The van der Waals surface area contributed by atoms with Crippen molar-refractivity contribution in [2.24, 2.45) is 10.9 Å². The summed E-state index contributed by atoms with van der Waals surface area (Å²) < 4.78 is 10.7. The number of nitrogens with one attached hydrogen (secondary N) is 2. The van der Waals surface area contributed by atoms with Gasteiger partial charge in [-0.2, -0.15) is 0 Å². The summed E-state index contributed by atoms with van der Waals surface area (Å²) in [6.45, 7) is 6.44. The van der Waals surface area contributed by atoms with Crippen molar-refractivity contribution in [3.05, 3.63) is 0 Å². The Morgan fingerprint density at radius 2 is 1.87 bits per heavy atom. The van der Waals surface area contributed by atoms with Crippen molar-refractivity contribution in [1.82, 2.24) is 15.5 Å². The average molecular weight is 442 g/mol. The highest BCUT2D eigenvalue weighted by Gasteiger charge is 2.20. The molecule has 0 aromatic rings. The lowest BCUT2D eigenvalue weighted by Crippen LogP contribution is -2.41. The number of rotatable bonds is 13. The predicted molar refractivity (Wildman–Crippen MR) is 107 cm³/mol. The van der Waals surface area contributed by atoms with Crippen LogP contribution in [0.1, 0.15) is 25.7 Å². The molecular weight excluding hydrogens is 407 g/mol. The number of methoxy groups -OCH3 is 1. The Hall–Kier alpha value is -0.120. The van der Waals surface area contributed by atoms with Gasteiger partial charge in [0.2, 0.25) is 0 Å². The molecule has 0 aromatic carbocycles. The normalized spacial score (nSPS) is 14.7. The van der Waals surface area contributed by atoms with E-state index in [1.54, 1.807) is 14.2 Å². The quantitative estimate of drug-likeness (QED) is 0.196. The molecule has 23 heavy (non-hydrogen) atoms. The Labute approximate surface area is 158 Å². The van der Waals surface area contributed by atoms with Crippen LogP contribution >= 0.6 is 24.0 Å². The van der Waals surface area contributed by atoms with Gasteiger partial charge in [0.1, 0.15) is 0 Å². The Kier molecular flexibility index (Phi) is 15.3. The zero-order valence-corrected chi connectivity index (χ0v) is 17.3. The van der Waals surface area contributed by atoms with Gasteiger partial charge in [0.15, 0.2) is 5.96 Å². The van der Waals surface area contributed by atoms with Crippen LogP contribution < -0.4 is 10.6 Å². The van der Waals surface area contributed by atoms with E-state index in [4.69, 9.17) is 9.47 Å². The molecule has 0 bridgehead atoms. The van der Waals surface area contributed by atoms with Gasteiger partial charge in [-0.3, -0.25) is 4.99 Å². The summed E-state index contributed by atoms with van der Waals surface area (Å²) in [6, 6.07) is 0. The van der Waals surface area contributed by atoms with E-state index in [1.165, 1.54) is 12.8 Å². The summed E-state index contributed by atoms with van der Waals surface area (Å²) in [5.41, 5.74) is 0. The first-order valence-corrected chi connectivity index (χ1v) is 8.46. The molecule has 0 amide bonds. The van der Waals surface area contributed by atoms with Crippen LogP contribution in [0.4, 0.5) is 0 Å². The molecule has 138 valence electrons. The van der Waals surface area contributed by atoms with Crippen molar-refractivity contribution in [1.29, 1.82) is 0 Å². The van der Waals surface area contributed by atoms with E-state index in [-0.39, 0.29) is 24.0 Å². The van der Waals surface area contributed by atoms with Crippen LogP contribution in [0.15, 0.2) is 4.99 Å². The smallest absolute Gasteiger partial charge is 0.191 e. The second kappa shape index (κ2) is 15.4. The molecule has 0 heterocycles. The Morgan fingerprint density at radius 3 is 2.52 bits per heavy atom. The number of nitrogens with zero attached hydrogens (tertiary/aromatic N) is 2. The maximum Gasteiger partial charge on any atom is 0.191 e. The van der Waals surface area contributed by atoms with Crippen molar-refractivity contribution >= 4 is 29.9 Å². The van der Waals surface area contributed by atoms with Gasteiger partial charge >= 0.3 is 0 Å². The molecule has 2 N–H and O–H groups in total. The summed E-state index contributed by atoms with van der Waals surface area (Å²) in [6.07, 6.45) is 4.80. The number of likely N-dealkylation sites (N-methyl/N-ethyl adjacent to an activating group) is 1. The Balaban J connectivity index is 0.00000484. The van der Waals surface area contributed by atoms with Gasteiger partial charge in [-0.25, -0.2) is 0 Å². The number of guanidine groups is 1. The third-order valence-corrected chi connectivity index (χ3v) is 3.71. The largest absolute Gasteiger partial charge is 0.385 e. The van der Waals surface area contributed by atoms with E-state index in [2.05, 4.69) is 27.6 Å². The molecule has 0 aromatic heterocycles. The van der Waals surface area contributed by atoms with Gasteiger partial charge in [-0.1, -0.05) is 0 Å². The Bertz CT molecular complexity index is 302. The standard InChI is InChI=1S/C16H34N4O2.HI/c1-17-16(18-8-4-13-22-14-15-6-7-15)19-9-11-20(2)10-5-12-21-3;/h15H,4-14H2,1-3H3,(H2,17,18,19);1H. The van der Waals surface area contributed by atoms with Crippen LogP contribution in [-0.4, -0.2) is 78.1 Å². The third-order valence-electron chi connectivity index (χ3n) is 3.71. The molecule has 0 atom stereocenters. The molecule has 1 rings (SSSR count). The first-order chi connectivity index (χ1) is 10.8. The van der Waals surface area contributed by atoms with E-state index in [1.807, 2.05) is 0 Å². The van der Waals surface area contributed by atoms with E-state index in [0.717, 1.165) is 70.7 Å². The van der Waals surface area contributed by atoms with Crippen LogP contribution in [0.2, 0.25) is 0 Å². The van der Waals surface area contributed by atoms with Crippen molar-refractivity contribution < 1.29 is 9.47 Å². The van der Waals surface area contributed by atoms with Gasteiger partial charge in [0.25, 0.3) is 0 Å². The van der Waals surface area contributed by atoms with Crippen LogP contribution in [-0.2, 0) is 9.47 Å². The molecule has 1 saturated carbocycles. The molecular formula is C16H35IN4O2. The van der Waals surface area contributed by atoms with Gasteiger partial charge in [-0.15, -0.1) is 24.0 Å². The summed E-state index contributed by atoms with van der Waals surface area (Å²) in [5, 5.41) is 6.65. The predicted octanol–water partition coefficient (Wildman–Crippen LogP) is 1.55. The zero-order chi connectivity index (χ0) is 16.0. The molecule has 1 aliphatic carbocycles. The molecule has 6 nitrogen and oxygen atoms in total. The van der Waals surface area contributed by atoms with Crippen molar-refractivity contribution in [2.45, 2.75) is 25.7 Å². The van der Waals surface area contributed by atoms with Crippen molar-refractivity contribution in [3.8, 4) is 0 Å². The second-order valence-corrected chi connectivity index (χ2v) is 5.95. The lowest BCUT2D eigenvalue weighted by molar-refractivity contribution is 0.123. The minimum Gasteiger partial charge on any atom is -0.385 e. The van der Waals surface area contributed by atoms with Crippen LogP contribution in [0.25, 0.3) is 0 Å². The lowest BCUT2D eigenvalue weighted by atomic mass is 10.4. The fourth-order valence-electron chi connectivity index (χ4n) is 2.09. The highest BCUT2D eigenvalue weighted by Crippen LogP contribution is 2.28. The molecule has 0 spiro atoms. The summed E-state index contributed by atoms with van der Waals surface area (Å²) in [4.78, 5) is 6.53. The van der Waals surface area contributed by atoms with Crippen molar-refractivity contribution in [2.75, 3.05) is 67.2 Å². The molecule has 1 fully saturated rings. The highest BCUT2D eigenvalue weighted by atomic mass is 127. The van der Waals surface area contributed by atoms with Crippen LogP contribution in [0, 0.1) is 5.92 Å². The first kappa shape index (κ1) is 22.9. The lowest BCUT2D eigenvalue weighted by Gasteiger charge is -2.18. The van der Waals surface area contributed by atoms with Crippen LogP contribution in [0.5, 0.6) is 0 Å². The molecule has 0 unspecified atom stereocenters. The molecule has 1 aliphatic rings. The monoisotopic (exact) mass is 442 g/mol. The Morgan fingerprint density at radius 1 is 1.13 bits per heavy atom. The number of aliphatic imine (C=N–C) groups is 1. The van der Waals surface area contributed by atoms with Gasteiger partial charge < -0.3 is 25.0 Å². The maximum absolute atomic E-state index is 5.62. The number of hydrogen-bond donors (Lipinski definition) is 2. The number of ether oxygens (including phenoxy) is 2. The van der Waals surface area contributed by atoms with E-state index < -0.39 is 0 Å². The van der Waals surface area contributed by atoms with E-state index >= 15 is 0 Å². The minimum absolute atomic E-state index is 0. The molecule has 0 saturated heterocycles. The minimum atomic E-state index is 0. The fourth-order valence-corrected chi connectivity index (χ4v) is 2.09. The number of halogens is 1. The topological polar surface area (TPSA) is 58.1 Å². The zero-order valence-electron chi connectivity index (χ0n) is 15.0. The summed E-state index contributed by atoms with van der Waals surface area (Å²) in [5.74, 6) is 1.72. The fraction of sp³-hybridized carbons (Fsp3) is 0.938. The highest BCUT2D eigenvalue weighted by molar-refractivity contribution is 14.0. The van der Waals surface area contributed by atoms with Crippen LogP contribution in [0.3, 0.4) is 0 Å². The van der Waals surface area contributed by atoms with Crippen molar-refractivity contribution in [3.63, 3.8) is 0 Å². The van der Waals surface area contributed by atoms with Gasteiger partial charge in [0, 0.05) is 60.2 Å². The van der Waals surface area contributed by atoms with Gasteiger partial charge in [-0.05, 0) is 38.6 Å². The summed E-state index contributed by atoms with van der Waals surface area (Å²) in [7, 11) is 5.68. The second-order valence-electron chi connectivity index (χ2n) is 5.95. The maximum atomic E-state index is 5.62. The third kappa shape index (κ3) is 14.0. The SMILES string of the molecule is CN=C(NCCCOCC1CC1)NCCN(C)CCCOC.I. The summed E-state index contributed by atoms with van der Waals surface area (Å²) >= 11 is 0. The molecule has 0 aliphatic heterocycles. The van der Waals surface area contributed by atoms with Gasteiger partial charge in [0.05, 0.1) is 0 Å². The first-order valence-electron chi connectivity index (χ1n) is 8.46. The average Bonchev–Trinajstić information content (AvgIpc) is 3.33. The molecule has 7 heteroatoms. The molecule has 0 radical (unpaired) electrons. The van der Waals surface area contributed by atoms with E-state index in [9.17, 15) is 0 Å².